The lowest BCUT2D eigenvalue weighted by atomic mass is 10.1. The van der Waals surface area contributed by atoms with Gasteiger partial charge in [-0.15, -0.1) is 0 Å². The van der Waals surface area contributed by atoms with E-state index in [0.717, 1.165) is 5.54 Å². The molecule has 0 N–H and O–H groups in total. The van der Waals surface area contributed by atoms with Crippen LogP contribution in [0.5, 0.6) is 0 Å². The number of benzene rings is 1. The van der Waals surface area contributed by atoms with Gasteiger partial charge in [0.2, 0.25) is 0 Å². The summed E-state index contributed by atoms with van der Waals surface area (Å²) in [4.78, 5) is 11.9. The summed E-state index contributed by atoms with van der Waals surface area (Å²) in [6.45, 7) is 3.30. The molecule has 1 saturated carbocycles. The molecular formula is C15H12ClF5O2. The van der Waals surface area contributed by atoms with Gasteiger partial charge in [-0.05, 0) is 23.5 Å². The zero-order valence-electron chi connectivity index (χ0n) is 12.0. The Morgan fingerprint density at radius 1 is 1.26 bits per heavy atom. The second-order valence-electron chi connectivity index (χ2n) is 5.80. The maximum atomic E-state index is 13.9. The summed E-state index contributed by atoms with van der Waals surface area (Å²) >= 11 is 5.41. The SMILES string of the molecule is CC1(C)[C@H](C(=O)OC(F)(F)c2ccc(F)c(F)c2F)[C@@H]1/C=C/Cl. The van der Waals surface area contributed by atoms with E-state index >= 15 is 0 Å². The summed E-state index contributed by atoms with van der Waals surface area (Å²) < 4.78 is 71.2. The molecule has 2 nitrogen and oxygen atoms in total. The van der Waals surface area contributed by atoms with Crippen molar-refractivity contribution in [2.24, 2.45) is 17.3 Å². The van der Waals surface area contributed by atoms with Crippen molar-refractivity contribution < 1.29 is 31.5 Å². The molecule has 1 aliphatic carbocycles. The van der Waals surface area contributed by atoms with Crippen LogP contribution in [0.2, 0.25) is 0 Å². The minimum absolute atomic E-state index is 0.329. The molecule has 0 saturated heterocycles. The molecule has 126 valence electrons. The predicted molar refractivity (Wildman–Crippen MR) is 72.1 cm³/mol. The number of rotatable bonds is 4. The van der Waals surface area contributed by atoms with E-state index in [0.29, 0.717) is 12.1 Å². The second-order valence-corrected chi connectivity index (χ2v) is 6.06. The average Bonchev–Trinajstić information content (AvgIpc) is 2.97. The quantitative estimate of drug-likeness (QED) is 0.444. The number of hydrogen-bond donors (Lipinski definition) is 0. The van der Waals surface area contributed by atoms with Crippen LogP contribution in [-0.2, 0) is 15.6 Å². The zero-order valence-corrected chi connectivity index (χ0v) is 12.8. The molecule has 1 aromatic carbocycles. The second kappa shape index (κ2) is 5.78. The lowest BCUT2D eigenvalue weighted by Crippen LogP contribution is -2.26. The fourth-order valence-electron chi connectivity index (χ4n) is 2.56. The monoisotopic (exact) mass is 354 g/mol. The topological polar surface area (TPSA) is 26.3 Å². The van der Waals surface area contributed by atoms with Gasteiger partial charge in [0, 0.05) is 5.54 Å². The molecule has 1 aromatic rings. The van der Waals surface area contributed by atoms with Gasteiger partial charge in [0.1, 0.15) is 5.56 Å². The van der Waals surface area contributed by atoms with Crippen molar-refractivity contribution in [3.05, 3.63) is 46.8 Å². The molecule has 8 heteroatoms. The Bertz CT molecular complexity index is 672. The van der Waals surface area contributed by atoms with E-state index in [1.54, 1.807) is 13.8 Å². The Labute approximate surface area is 133 Å². The lowest BCUT2D eigenvalue weighted by molar-refractivity contribution is -0.243. The molecule has 2 atom stereocenters. The molecule has 0 radical (unpaired) electrons. The van der Waals surface area contributed by atoms with E-state index in [2.05, 4.69) is 4.74 Å². The van der Waals surface area contributed by atoms with Crippen LogP contribution in [0, 0.1) is 34.7 Å². The van der Waals surface area contributed by atoms with Crippen molar-refractivity contribution in [1.29, 1.82) is 0 Å². The Hall–Kier alpha value is -1.63. The van der Waals surface area contributed by atoms with Gasteiger partial charge in [-0.2, -0.15) is 8.78 Å². The molecule has 1 aliphatic rings. The average molecular weight is 355 g/mol. The molecule has 0 aromatic heterocycles. The van der Waals surface area contributed by atoms with E-state index in [1.807, 2.05) is 0 Å². The molecule has 2 rings (SSSR count). The van der Waals surface area contributed by atoms with E-state index in [1.165, 1.54) is 6.08 Å². The first-order chi connectivity index (χ1) is 10.5. The first-order valence-corrected chi connectivity index (χ1v) is 6.99. The third-order valence-electron chi connectivity index (χ3n) is 4.02. The van der Waals surface area contributed by atoms with Crippen molar-refractivity contribution in [2.45, 2.75) is 20.0 Å². The van der Waals surface area contributed by atoms with Crippen LogP contribution in [0.3, 0.4) is 0 Å². The van der Waals surface area contributed by atoms with Crippen molar-refractivity contribution in [1.82, 2.24) is 0 Å². The molecule has 0 spiro atoms. The van der Waals surface area contributed by atoms with Gasteiger partial charge in [-0.25, -0.2) is 13.2 Å². The molecule has 0 bridgehead atoms. The van der Waals surface area contributed by atoms with Gasteiger partial charge in [0.05, 0.1) is 5.92 Å². The van der Waals surface area contributed by atoms with E-state index < -0.39 is 52.3 Å². The summed E-state index contributed by atoms with van der Waals surface area (Å²) in [5.74, 6) is -8.36. The first kappa shape index (κ1) is 17.7. The van der Waals surface area contributed by atoms with Gasteiger partial charge in [0.25, 0.3) is 0 Å². The van der Waals surface area contributed by atoms with Crippen LogP contribution in [0.15, 0.2) is 23.7 Å². The van der Waals surface area contributed by atoms with Gasteiger partial charge in [-0.3, -0.25) is 4.79 Å². The van der Waals surface area contributed by atoms with E-state index in [9.17, 15) is 26.7 Å². The minimum atomic E-state index is -4.43. The number of alkyl halides is 2. The zero-order chi connectivity index (χ0) is 17.6. The number of esters is 1. The van der Waals surface area contributed by atoms with Gasteiger partial charge in [-0.1, -0.05) is 31.5 Å². The highest BCUT2D eigenvalue weighted by molar-refractivity contribution is 6.25. The van der Waals surface area contributed by atoms with Crippen LogP contribution in [0.4, 0.5) is 22.0 Å². The van der Waals surface area contributed by atoms with Gasteiger partial charge >= 0.3 is 12.1 Å². The number of hydrogen-bond acceptors (Lipinski definition) is 2. The van der Waals surface area contributed by atoms with Crippen LogP contribution in [0.1, 0.15) is 19.4 Å². The Morgan fingerprint density at radius 3 is 2.43 bits per heavy atom. The number of carbonyl (C=O) groups excluding carboxylic acids is 1. The molecule has 0 amide bonds. The predicted octanol–water partition coefficient (Wildman–Crippen LogP) is 4.72. The van der Waals surface area contributed by atoms with E-state index in [-0.39, 0.29) is 0 Å². The number of ether oxygens (including phenoxy) is 1. The number of carbonyl (C=O) groups is 1. The van der Waals surface area contributed by atoms with Crippen LogP contribution in [0.25, 0.3) is 0 Å². The smallest absolute Gasteiger partial charge is 0.397 e. The summed E-state index contributed by atoms with van der Waals surface area (Å²) in [7, 11) is 0. The lowest BCUT2D eigenvalue weighted by Gasteiger charge is -2.18. The molecule has 0 heterocycles. The highest BCUT2D eigenvalue weighted by Gasteiger charge is 2.62. The van der Waals surface area contributed by atoms with Crippen LogP contribution >= 0.6 is 11.6 Å². The minimum Gasteiger partial charge on any atom is -0.397 e. The highest BCUT2D eigenvalue weighted by atomic mass is 35.5. The summed E-state index contributed by atoms with van der Waals surface area (Å²) in [5.41, 5.74) is -1.04. The van der Waals surface area contributed by atoms with Crippen molar-refractivity contribution in [3.63, 3.8) is 0 Å². The number of allylic oxidation sites excluding steroid dienone is 1. The maximum absolute atomic E-state index is 13.9. The fraction of sp³-hybridized carbons (Fsp3) is 0.400. The summed E-state index contributed by atoms with van der Waals surface area (Å²) in [6, 6.07) is 0.658. The first-order valence-electron chi connectivity index (χ1n) is 6.55. The van der Waals surface area contributed by atoms with E-state index in [4.69, 9.17) is 11.6 Å². The largest absolute Gasteiger partial charge is 0.431 e. The molecule has 0 aliphatic heterocycles. The van der Waals surface area contributed by atoms with Crippen LogP contribution in [-0.4, -0.2) is 5.97 Å². The van der Waals surface area contributed by atoms with Crippen molar-refractivity contribution in [3.8, 4) is 0 Å². The third kappa shape index (κ3) is 3.06. The fourth-order valence-corrected chi connectivity index (χ4v) is 2.72. The molecule has 0 unspecified atom stereocenters. The van der Waals surface area contributed by atoms with Gasteiger partial charge < -0.3 is 4.74 Å². The summed E-state index contributed by atoms with van der Waals surface area (Å²) in [5, 5.41) is 0. The third-order valence-corrected chi connectivity index (χ3v) is 4.17. The summed E-state index contributed by atoms with van der Waals surface area (Å²) in [6.07, 6.45) is -2.96. The molecular weight excluding hydrogens is 343 g/mol. The highest BCUT2D eigenvalue weighted by Crippen LogP contribution is 2.60. The van der Waals surface area contributed by atoms with Crippen molar-refractivity contribution in [2.75, 3.05) is 0 Å². The van der Waals surface area contributed by atoms with Crippen molar-refractivity contribution >= 4 is 17.6 Å². The Kier molecular flexibility index (Phi) is 4.45. The molecule has 1 fully saturated rings. The normalized spacial score (nSPS) is 23.1. The Balaban J connectivity index is 2.23. The number of halogens is 6. The molecule has 23 heavy (non-hydrogen) atoms. The van der Waals surface area contributed by atoms with Gasteiger partial charge in [0.15, 0.2) is 17.5 Å². The Morgan fingerprint density at radius 2 is 1.87 bits per heavy atom. The maximum Gasteiger partial charge on any atom is 0.431 e. The van der Waals surface area contributed by atoms with Crippen LogP contribution < -0.4 is 0 Å². The standard InChI is InChI=1S/C15H12ClF5O2/c1-14(2)7(5-6-16)10(14)13(22)23-15(20,21)8-3-4-9(17)12(19)11(8)18/h3-7,10H,1-2H3/b6-5+/t7-,10-/m0/s1.